The minimum Gasteiger partial charge on any atom is -0.481 e. The van der Waals surface area contributed by atoms with E-state index >= 15 is 0 Å². The van der Waals surface area contributed by atoms with Crippen LogP contribution in [0, 0.1) is 6.92 Å². The molecular weight excluding hydrogens is 356 g/mol. The molecule has 1 N–H and O–H groups in total. The van der Waals surface area contributed by atoms with Gasteiger partial charge in [-0.1, -0.05) is 17.7 Å². The van der Waals surface area contributed by atoms with Gasteiger partial charge in [0.1, 0.15) is 10.8 Å². The van der Waals surface area contributed by atoms with Gasteiger partial charge in [-0.3, -0.25) is 4.79 Å². The van der Waals surface area contributed by atoms with Gasteiger partial charge >= 0.3 is 0 Å². The average Bonchev–Trinajstić information content (AvgIpc) is 3.02. The van der Waals surface area contributed by atoms with Crippen LogP contribution in [0.15, 0.2) is 53.9 Å². The highest BCUT2D eigenvalue weighted by Gasteiger charge is 2.15. The van der Waals surface area contributed by atoms with Crippen LogP contribution >= 0.6 is 22.9 Å². The van der Waals surface area contributed by atoms with Crippen LogP contribution in [0.3, 0.4) is 0 Å². The van der Waals surface area contributed by atoms with Crippen molar-refractivity contribution in [2.45, 2.75) is 20.0 Å². The minimum absolute atomic E-state index is 0.234. The number of hydrogen-bond acceptors (Lipinski definition) is 4. The summed E-state index contributed by atoms with van der Waals surface area (Å²) in [5, 5.41) is 6.34. The van der Waals surface area contributed by atoms with Crippen molar-refractivity contribution < 1.29 is 9.53 Å². The summed E-state index contributed by atoms with van der Waals surface area (Å²) in [5.74, 6) is 0.396. The highest BCUT2D eigenvalue weighted by Crippen LogP contribution is 2.26. The fraction of sp³-hybridized carbons (Fsp3) is 0.158. The number of nitrogens with zero attached hydrogens (tertiary/aromatic N) is 1. The van der Waals surface area contributed by atoms with E-state index in [-0.39, 0.29) is 5.91 Å². The summed E-state index contributed by atoms with van der Waals surface area (Å²) < 4.78 is 5.71. The molecule has 0 aliphatic heterocycles. The number of thiazole rings is 1. The number of rotatable bonds is 5. The smallest absolute Gasteiger partial charge is 0.265 e. The van der Waals surface area contributed by atoms with Crippen LogP contribution in [-0.4, -0.2) is 17.0 Å². The van der Waals surface area contributed by atoms with E-state index in [4.69, 9.17) is 16.3 Å². The van der Waals surface area contributed by atoms with Crippen LogP contribution < -0.4 is 10.1 Å². The maximum atomic E-state index is 12.2. The zero-order valence-corrected chi connectivity index (χ0v) is 15.4. The number of aromatic nitrogens is 1. The Morgan fingerprint density at radius 1 is 1.24 bits per heavy atom. The van der Waals surface area contributed by atoms with Crippen LogP contribution in [0.2, 0.25) is 5.02 Å². The first-order chi connectivity index (χ1) is 12.0. The molecule has 2 aromatic carbocycles. The Labute approximate surface area is 155 Å². The van der Waals surface area contributed by atoms with Gasteiger partial charge in [-0.05, 0) is 56.3 Å². The third-order valence-electron chi connectivity index (χ3n) is 3.49. The first-order valence-corrected chi connectivity index (χ1v) is 9.03. The summed E-state index contributed by atoms with van der Waals surface area (Å²) in [6, 6.07) is 14.6. The second-order valence-corrected chi connectivity index (χ2v) is 6.87. The quantitative estimate of drug-likeness (QED) is 0.671. The number of aryl methyl sites for hydroxylation is 1. The fourth-order valence-electron chi connectivity index (χ4n) is 2.23. The number of nitrogens with one attached hydrogen (secondary N) is 1. The number of benzene rings is 2. The molecule has 0 saturated heterocycles. The second kappa shape index (κ2) is 7.68. The molecule has 0 radical (unpaired) electrons. The molecule has 1 aromatic heterocycles. The topological polar surface area (TPSA) is 51.2 Å². The van der Waals surface area contributed by atoms with E-state index in [0.717, 1.165) is 16.3 Å². The van der Waals surface area contributed by atoms with Crippen LogP contribution in [-0.2, 0) is 4.79 Å². The van der Waals surface area contributed by atoms with Crippen molar-refractivity contribution in [3.8, 4) is 16.3 Å². The molecule has 0 aliphatic carbocycles. The zero-order chi connectivity index (χ0) is 17.8. The summed E-state index contributed by atoms with van der Waals surface area (Å²) >= 11 is 7.52. The molecule has 0 saturated carbocycles. The molecule has 3 rings (SSSR count). The number of carbonyl (C=O) groups is 1. The van der Waals surface area contributed by atoms with Crippen LogP contribution in [0.25, 0.3) is 10.6 Å². The number of carbonyl (C=O) groups excluding carboxylic acids is 1. The monoisotopic (exact) mass is 372 g/mol. The minimum atomic E-state index is -0.632. The summed E-state index contributed by atoms with van der Waals surface area (Å²) in [6.45, 7) is 3.68. The Hall–Kier alpha value is -2.37. The van der Waals surface area contributed by atoms with Crippen molar-refractivity contribution in [2.75, 3.05) is 5.32 Å². The maximum Gasteiger partial charge on any atom is 0.265 e. The SMILES string of the molecule is Cc1csc(-c2ccc(O[C@H](C)C(=O)Nc3cccc(Cl)c3)cc2)n1. The Morgan fingerprint density at radius 2 is 2.00 bits per heavy atom. The Kier molecular flexibility index (Phi) is 5.36. The molecule has 1 heterocycles. The first-order valence-electron chi connectivity index (χ1n) is 7.77. The van der Waals surface area contributed by atoms with Gasteiger partial charge in [0.2, 0.25) is 0 Å². The Balaban J connectivity index is 1.62. The number of amides is 1. The average molecular weight is 373 g/mol. The van der Waals surface area contributed by atoms with E-state index in [1.807, 2.05) is 36.6 Å². The van der Waals surface area contributed by atoms with Gasteiger partial charge in [0, 0.05) is 27.3 Å². The lowest BCUT2D eigenvalue weighted by molar-refractivity contribution is -0.122. The van der Waals surface area contributed by atoms with Crippen molar-refractivity contribution in [3.05, 3.63) is 64.6 Å². The molecule has 128 valence electrons. The van der Waals surface area contributed by atoms with Gasteiger partial charge in [0.25, 0.3) is 5.91 Å². The van der Waals surface area contributed by atoms with Crippen molar-refractivity contribution in [1.29, 1.82) is 0 Å². The van der Waals surface area contributed by atoms with Crippen LogP contribution in [0.4, 0.5) is 5.69 Å². The van der Waals surface area contributed by atoms with Gasteiger partial charge in [-0.15, -0.1) is 11.3 Å². The van der Waals surface area contributed by atoms with E-state index in [1.54, 1.807) is 42.5 Å². The highest BCUT2D eigenvalue weighted by molar-refractivity contribution is 7.13. The number of halogens is 1. The van der Waals surface area contributed by atoms with Crippen LogP contribution in [0.5, 0.6) is 5.75 Å². The van der Waals surface area contributed by atoms with E-state index in [0.29, 0.717) is 16.5 Å². The molecule has 25 heavy (non-hydrogen) atoms. The highest BCUT2D eigenvalue weighted by atomic mass is 35.5. The molecule has 1 atom stereocenters. The lowest BCUT2D eigenvalue weighted by atomic mass is 10.2. The largest absolute Gasteiger partial charge is 0.481 e. The molecule has 3 aromatic rings. The van der Waals surface area contributed by atoms with E-state index in [2.05, 4.69) is 10.3 Å². The predicted molar refractivity (Wildman–Crippen MR) is 102 cm³/mol. The predicted octanol–water partition coefficient (Wildman–Crippen LogP) is 5.18. The second-order valence-electron chi connectivity index (χ2n) is 5.58. The molecule has 0 bridgehead atoms. The van der Waals surface area contributed by atoms with E-state index < -0.39 is 6.10 Å². The van der Waals surface area contributed by atoms with Crippen molar-refractivity contribution in [3.63, 3.8) is 0 Å². The molecule has 6 heteroatoms. The van der Waals surface area contributed by atoms with Crippen molar-refractivity contribution in [1.82, 2.24) is 4.98 Å². The fourth-order valence-corrected chi connectivity index (χ4v) is 3.22. The maximum absolute atomic E-state index is 12.2. The van der Waals surface area contributed by atoms with Crippen molar-refractivity contribution in [2.24, 2.45) is 0 Å². The summed E-state index contributed by atoms with van der Waals surface area (Å²) in [6.07, 6.45) is -0.632. The lowest BCUT2D eigenvalue weighted by Crippen LogP contribution is -2.30. The Bertz CT molecular complexity index is 877. The zero-order valence-electron chi connectivity index (χ0n) is 13.8. The van der Waals surface area contributed by atoms with E-state index in [9.17, 15) is 4.79 Å². The molecule has 4 nitrogen and oxygen atoms in total. The normalized spacial score (nSPS) is 11.8. The standard InChI is InChI=1S/C19H17ClN2O2S/c1-12-11-25-19(21-12)14-6-8-17(9-7-14)24-13(2)18(23)22-16-5-3-4-15(20)10-16/h3-11,13H,1-2H3,(H,22,23)/t13-/m1/s1. The molecule has 0 spiro atoms. The molecule has 0 unspecified atom stereocenters. The number of ether oxygens (including phenoxy) is 1. The molecular formula is C19H17ClN2O2S. The summed E-state index contributed by atoms with van der Waals surface area (Å²) in [5.41, 5.74) is 2.68. The first kappa shape index (κ1) is 17.5. The number of anilines is 1. The van der Waals surface area contributed by atoms with Gasteiger partial charge in [0.05, 0.1) is 0 Å². The molecule has 1 amide bonds. The third kappa shape index (κ3) is 4.59. The van der Waals surface area contributed by atoms with E-state index in [1.165, 1.54) is 0 Å². The lowest BCUT2D eigenvalue weighted by Gasteiger charge is -2.15. The van der Waals surface area contributed by atoms with Crippen LogP contribution in [0.1, 0.15) is 12.6 Å². The van der Waals surface area contributed by atoms with Gasteiger partial charge in [-0.2, -0.15) is 0 Å². The van der Waals surface area contributed by atoms with Gasteiger partial charge in [0.15, 0.2) is 6.10 Å². The summed E-state index contributed by atoms with van der Waals surface area (Å²) in [4.78, 5) is 16.7. The van der Waals surface area contributed by atoms with Gasteiger partial charge in [-0.25, -0.2) is 4.98 Å². The number of hydrogen-bond donors (Lipinski definition) is 1. The molecule has 0 aliphatic rings. The molecule has 0 fully saturated rings. The summed E-state index contributed by atoms with van der Waals surface area (Å²) in [7, 11) is 0. The Morgan fingerprint density at radius 3 is 2.64 bits per heavy atom. The third-order valence-corrected chi connectivity index (χ3v) is 4.74. The van der Waals surface area contributed by atoms with Crippen molar-refractivity contribution >= 4 is 34.5 Å². The van der Waals surface area contributed by atoms with Gasteiger partial charge < -0.3 is 10.1 Å².